The third kappa shape index (κ3) is 2.98. The van der Waals surface area contributed by atoms with E-state index in [0.29, 0.717) is 12.5 Å². The second-order valence-electron chi connectivity index (χ2n) is 5.39. The van der Waals surface area contributed by atoms with Crippen LogP contribution in [0.1, 0.15) is 6.42 Å². The van der Waals surface area contributed by atoms with Crippen molar-refractivity contribution in [1.82, 2.24) is 4.90 Å². The van der Waals surface area contributed by atoms with Gasteiger partial charge in [-0.25, -0.2) is 0 Å². The highest BCUT2D eigenvalue weighted by Gasteiger charge is 2.33. The van der Waals surface area contributed by atoms with Gasteiger partial charge in [0.15, 0.2) is 0 Å². The molecule has 1 aromatic carbocycles. The summed E-state index contributed by atoms with van der Waals surface area (Å²) in [5, 5.41) is 8.77. The monoisotopic (exact) mass is 335 g/mol. The molecule has 4 nitrogen and oxygen atoms in total. The second-order valence-corrected chi connectivity index (χ2v) is 6.30. The van der Waals surface area contributed by atoms with Gasteiger partial charge in [0.05, 0.1) is 31.2 Å². The number of benzene rings is 1. The van der Waals surface area contributed by atoms with Gasteiger partial charge in [-0.15, -0.1) is 0 Å². The number of piperazine rings is 1. The minimum absolute atomic E-state index is 0.0930. The largest absolute Gasteiger partial charge is 0.374 e. The Morgan fingerprint density at radius 1 is 1.25 bits per heavy atom. The summed E-state index contributed by atoms with van der Waals surface area (Å²) in [6, 6.07) is 11.1. The normalized spacial score (nSPS) is 26.9. The van der Waals surface area contributed by atoms with Crippen molar-refractivity contribution in [3.63, 3.8) is 0 Å². The number of morpholine rings is 1. The molecule has 2 saturated heterocycles. The summed E-state index contributed by atoms with van der Waals surface area (Å²) < 4.78 is 6.90. The molecule has 0 N–H and O–H groups in total. The first-order valence-electron chi connectivity index (χ1n) is 6.99. The van der Waals surface area contributed by atoms with Crippen LogP contribution < -0.4 is 4.90 Å². The van der Waals surface area contributed by atoms with E-state index in [4.69, 9.17) is 10.00 Å². The lowest BCUT2D eigenvalue weighted by Gasteiger charge is -2.46. The summed E-state index contributed by atoms with van der Waals surface area (Å²) in [5.74, 6) is 0. The standard InChI is InChI=1S/C15H18BrN3O/c16-12-1-3-13(4-2-12)18-7-8-19-10-15(5-6-17)20-11-14(19)9-18/h1-4,14-15H,5,7-11H2/t14-,15?/m1/s1. The molecule has 5 heteroatoms. The zero-order valence-electron chi connectivity index (χ0n) is 11.3. The van der Waals surface area contributed by atoms with Gasteiger partial charge in [0.2, 0.25) is 0 Å². The maximum absolute atomic E-state index is 8.77. The summed E-state index contributed by atoms with van der Waals surface area (Å²) in [5.41, 5.74) is 1.27. The van der Waals surface area contributed by atoms with Crippen molar-refractivity contribution >= 4 is 21.6 Å². The van der Waals surface area contributed by atoms with E-state index in [-0.39, 0.29) is 6.10 Å². The lowest BCUT2D eigenvalue weighted by atomic mass is 10.1. The summed E-state index contributed by atoms with van der Waals surface area (Å²) in [7, 11) is 0. The molecule has 2 aliphatic rings. The summed E-state index contributed by atoms with van der Waals surface area (Å²) in [6.45, 7) is 4.72. The van der Waals surface area contributed by atoms with Gasteiger partial charge in [0.25, 0.3) is 0 Å². The van der Waals surface area contributed by atoms with Crippen LogP contribution in [0.15, 0.2) is 28.7 Å². The number of hydrogen-bond donors (Lipinski definition) is 0. The summed E-state index contributed by atoms with van der Waals surface area (Å²) >= 11 is 3.47. The van der Waals surface area contributed by atoms with Crippen LogP contribution in [0.25, 0.3) is 0 Å². The molecule has 1 unspecified atom stereocenters. The SMILES string of the molecule is N#CCC1CN2CCN(c3ccc(Br)cc3)C[C@@H]2CO1. The third-order valence-electron chi connectivity index (χ3n) is 4.08. The highest BCUT2D eigenvalue weighted by atomic mass is 79.9. The molecule has 3 rings (SSSR count). The van der Waals surface area contributed by atoms with Gasteiger partial charge < -0.3 is 9.64 Å². The average Bonchev–Trinajstić information content (AvgIpc) is 2.48. The molecule has 106 valence electrons. The summed E-state index contributed by atoms with van der Waals surface area (Å²) in [4.78, 5) is 4.89. The minimum Gasteiger partial charge on any atom is -0.374 e. The molecule has 2 aliphatic heterocycles. The molecule has 0 aliphatic carbocycles. The molecule has 0 amide bonds. The molecule has 2 heterocycles. The molecule has 1 aromatic rings. The van der Waals surface area contributed by atoms with Crippen molar-refractivity contribution in [2.45, 2.75) is 18.6 Å². The first-order chi connectivity index (χ1) is 9.76. The molecule has 0 saturated carbocycles. The topological polar surface area (TPSA) is 39.5 Å². The summed E-state index contributed by atoms with van der Waals surface area (Å²) in [6.07, 6.45) is 0.593. The highest BCUT2D eigenvalue weighted by molar-refractivity contribution is 9.10. The number of rotatable bonds is 2. The molecular weight excluding hydrogens is 318 g/mol. The van der Waals surface area contributed by atoms with E-state index in [9.17, 15) is 0 Å². The molecule has 0 bridgehead atoms. The Bertz CT molecular complexity index is 499. The van der Waals surface area contributed by atoms with Crippen LogP contribution in [-0.2, 0) is 4.74 Å². The van der Waals surface area contributed by atoms with Crippen LogP contribution in [-0.4, -0.2) is 49.8 Å². The molecule has 0 spiro atoms. The Labute approximate surface area is 128 Å². The lowest BCUT2D eigenvalue weighted by Crippen LogP contribution is -2.60. The number of nitriles is 1. The van der Waals surface area contributed by atoms with Gasteiger partial charge in [0.1, 0.15) is 0 Å². The second kappa shape index (κ2) is 6.13. The lowest BCUT2D eigenvalue weighted by molar-refractivity contribution is -0.0637. The smallest absolute Gasteiger partial charge is 0.0832 e. The Morgan fingerprint density at radius 2 is 2.05 bits per heavy atom. The van der Waals surface area contributed by atoms with Gasteiger partial charge in [-0.2, -0.15) is 5.26 Å². The number of hydrogen-bond acceptors (Lipinski definition) is 4. The zero-order valence-corrected chi connectivity index (χ0v) is 12.9. The zero-order chi connectivity index (χ0) is 13.9. The Morgan fingerprint density at radius 3 is 2.80 bits per heavy atom. The van der Waals surface area contributed by atoms with Crippen molar-refractivity contribution in [1.29, 1.82) is 5.26 Å². The molecule has 2 atom stereocenters. The van der Waals surface area contributed by atoms with Crippen LogP contribution in [0.2, 0.25) is 0 Å². The molecule has 0 aromatic heterocycles. The predicted octanol–water partition coefficient (Wildman–Crippen LogP) is 2.25. The highest BCUT2D eigenvalue weighted by Crippen LogP contribution is 2.24. The van der Waals surface area contributed by atoms with Crippen molar-refractivity contribution in [2.75, 3.05) is 37.7 Å². The number of nitrogens with zero attached hydrogens (tertiary/aromatic N) is 3. The van der Waals surface area contributed by atoms with Gasteiger partial charge in [0, 0.05) is 36.3 Å². The third-order valence-corrected chi connectivity index (χ3v) is 4.61. The molecule has 2 fully saturated rings. The van der Waals surface area contributed by atoms with Crippen molar-refractivity contribution in [3.8, 4) is 6.07 Å². The van der Waals surface area contributed by atoms with Crippen LogP contribution in [0.5, 0.6) is 0 Å². The fourth-order valence-electron chi connectivity index (χ4n) is 2.96. The van der Waals surface area contributed by atoms with E-state index in [0.717, 1.165) is 37.3 Å². The van der Waals surface area contributed by atoms with Crippen LogP contribution in [0.4, 0.5) is 5.69 Å². The van der Waals surface area contributed by atoms with E-state index in [1.54, 1.807) is 0 Å². The number of halogens is 1. The van der Waals surface area contributed by atoms with Crippen molar-refractivity contribution in [3.05, 3.63) is 28.7 Å². The first kappa shape index (κ1) is 13.9. The van der Waals surface area contributed by atoms with Crippen LogP contribution in [0.3, 0.4) is 0 Å². The number of fused-ring (bicyclic) bond motifs is 1. The Hall–Kier alpha value is -1.09. The fourth-order valence-corrected chi connectivity index (χ4v) is 3.23. The maximum Gasteiger partial charge on any atom is 0.0832 e. The number of ether oxygens (including phenoxy) is 1. The van der Waals surface area contributed by atoms with E-state index in [1.807, 2.05) is 0 Å². The first-order valence-corrected chi connectivity index (χ1v) is 7.78. The van der Waals surface area contributed by atoms with E-state index < -0.39 is 0 Å². The predicted molar refractivity (Wildman–Crippen MR) is 81.7 cm³/mol. The van der Waals surface area contributed by atoms with E-state index >= 15 is 0 Å². The van der Waals surface area contributed by atoms with Crippen LogP contribution >= 0.6 is 15.9 Å². The van der Waals surface area contributed by atoms with E-state index in [2.05, 4.69) is 56.1 Å². The van der Waals surface area contributed by atoms with Crippen molar-refractivity contribution in [2.24, 2.45) is 0 Å². The van der Waals surface area contributed by atoms with Crippen LogP contribution in [0, 0.1) is 11.3 Å². The van der Waals surface area contributed by atoms with Gasteiger partial charge in [-0.1, -0.05) is 15.9 Å². The van der Waals surface area contributed by atoms with Gasteiger partial charge in [-0.3, -0.25) is 4.90 Å². The Kier molecular flexibility index (Phi) is 4.25. The fraction of sp³-hybridized carbons (Fsp3) is 0.533. The molecule has 20 heavy (non-hydrogen) atoms. The average molecular weight is 336 g/mol. The maximum atomic E-state index is 8.77. The quantitative estimate of drug-likeness (QED) is 0.831. The molecular formula is C15H18BrN3O. The van der Waals surface area contributed by atoms with Gasteiger partial charge >= 0.3 is 0 Å². The minimum atomic E-state index is 0.0930. The van der Waals surface area contributed by atoms with Gasteiger partial charge in [-0.05, 0) is 24.3 Å². The van der Waals surface area contributed by atoms with Crippen molar-refractivity contribution < 1.29 is 4.74 Å². The molecule has 0 radical (unpaired) electrons. The number of anilines is 1. The Balaban J connectivity index is 1.62. The van der Waals surface area contributed by atoms with E-state index in [1.165, 1.54) is 5.69 Å².